The number of anilines is 1. The third-order valence-corrected chi connectivity index (χ3v) is 3.63. The van der Waals surface area contributed by atoms with Gasteiger partial charge in [0.25, 0.3) is 0 Å². The van der Waals surface area contributed by atoms with Gasteiger partial charge in [-0.25, -0.2) is 0 Å². The molecule has 0 bridgehead atoms. The average molecular weight is 338 g/mol. The standard InChI is InChI=1S/C13H15BrF3NO/c1-8-6-10(4-5-19-8)18-12-3-2-9(14)7-11(12)13(15,16)17/h2-3,7-8,10,18H,4-6H2,1H3. The van der Waals surface area contributed by atoms with Gasteiger partial charge in [-0.15, -0.1) is 0 Å². The first-order valence-corrected chi connectivity index (χ1v) is 6.90. The van der Waals surface area contributed by atoms with Gasteiger partial charge in [0, 0.05) is 22.8 Å². The van der Waals surface area contributed by atoms with Crippen LogP contribution in [0.3, 0.4) is 0 Å². The maximum Gasteiger partial charge on any atom is 0.418 e. The van der Waals surface area contributed by atoms with Crippen LogP contribution in [-0.2, 0) is 10.9 Å². The topological polar surface area (TPSA) is 21.3 Å². The zero-order valence-corrected chi connectivity index (χ0v) is 12.0. The summed E-state index contributed by atoms with van der Waals surface area (Å²) in [5, 5.41) is 2.99. The molecule has 1 saturated heterocycles. The Balaban J connectivity index is 2.20. The van der Waals surface area contributed by atoms with Crippen LogP contribution in [0.5, 0.6) is 0 Å². The zero-order chi connectivity index (χ0) is 14.0. The lowest BCUT2D eigenvalue weighted by Crippen LogP contribution is -2.33. The maximum absolute atomic E-state index is 13.0. The molecule has 0 spiro atoms. The highest BCUT2D eigenvalue weighted by molar-refractivity contribution is 9.10. The van der Waals surface area contributed by atoms with Gasteiger partial charge in [0.05, 0.1) is 11.7 Å². The Morgan fingerprint density at radius 1 is 1.37 bits per heavy atom. The van der Waals surface area contributed by atoms with Crippen LogP contribution in [0.2, 0.25) is 0 Å². The molecule has 1 aliphatic heterocycles. The summed E-state index contributed by atoms with van der Waals surface area (Å²) in [7, 11) is 0. The quantitative estimate of drug-likeness (QED) is 0.860. The van der Waals surface area contributed by atoms with Crippen LogP contribution >= 0.6 is 15.9 Å². The number of alkyl halides is 3. The van der Waals surface area contributed by atoms with Crippen LogP contribution in [0.25, 0.3) is 0 Å². The molecule has 1 aromatic carbocycles. The highest BCUT2D eigenvalue weighted by atomic mass is 79.9. The van der Waals surface area contributed by atoms with E-state index in [1.165, 1.54) is 6.07 Å². The zero-order valence-electron chi connectivity index (χ0n) is 10.4. The summed E-state index contributed by atoms with van der Waals surface area (Å²) in [5.41, 5.74) is -0.504. The first-order chi connectivity index (χ1) is 8.86. The molecule has 6 heteroatoms. The molecule has 2 unspecified atom stereocenters. The van der Waals surface area contributed by atoms with Gasteiger partial charge in [0.15, 0.2) is 0 Å². The lowest BCUT2D eigenvalue weighted by Gasteiger charge is -2.29. The molecule has 0 aliphatic carbocycles. The van der Waals surface area contributed by atoms with Crippen molar-refractivity contribution in [3.05, 3.63) is 28.2 Å². The van der Waals surface area contributed by atoms with Crippen molar-refractivity contribution in [2.75, 3.05) is 11.9 Å². The molecule has 19 heavy (non-hydrogen) atoms. The molecule has 1 aliphatic rings. The largest absolute Gasteiger partial charge is 0.418 e. The normalized spacial score (nSPS) is 24.3. The molecule has 1 heterocycles. The summed E-state index contributed by atoms with van der Waals surface area (Å²) >= 11 is 3.08. The second kappa shape index (κ2) is 5.71. The second-order valence-corrected chi connectivity index (χ2v) is 5.65. The molecule has 106 valence electrons. The van der Waals surface area contributed by atoms with E-state index in [1.807, 2.05) is 6.92 Å². The van der Waals surface area contributed by atoms with Crippen molar-refractivity contribution in [1.82, 2.24) is 0 Å². The van der Waals surface area contributed by atoms with Crippen molar-refractivity contribution >= 4 is 21.6 Å². The molecular formula is C13H15BrF3NO. The Labute approximate surface area is 118 Å². The highest BCUT2D eigenvalue weighted by Crippen LogP contribution is 2.37. The van der Waals surface area contributed by atoms with E-state index in [0.717, 1.165) is 12.5 Å². The molecule has 1 fully saturated rings. The first kappa shape index (κ1) is 14.7. The fraction of sp³-hybridized carbons (Fsp3) is 0.538. The highest BCUT2D eigenvalue weighted by Gasteiger charge is 2.34. The Hall–Kier alpha value is -0.750. The molecule has 1 aromatic rings. The van der Waals surface area contributed by atoms with Gasteiger partial charge >= 0.3 is 6.18 Å². The Kier molecular flexibility index (Phi) is 4.40. The van der Waals surface area contributed by atoms with E-state index in [9.17, 15) is 13.2 Å². The predicted molar refractivity (Wildman–Crippen MR) is 71.2 cm³/mol. The van der Waals surface area contributed by atoms with Crippen molar-refractivity contribution in [2.24, 2.45) is 0 Å². The van der Waals surface area contributed by atoms with Gasteiger partial charge in [-0.3, -0.25) is 0 Å². The lowest BCUT2D eigenvalue weighted by molar-refractivity contribution is -0.137. The summed E-state index contributed by atoms with van der Waals surface area (Å²) in [4.78, 5) is 0. The predicted octanol–water partition coefficient (Wildman–Crippen LogP) is 4.45. The van der Waals surface area contributed by atoms with Crippen molar-refractivity contribution in [1.29, 1.82) is 0 Å². The number of ether oxygens (including phenoxy) is 1. The van der Waals surface area contributed by atoms with E-state index >= 15 is 0 Å². The van der Waals surface area contributed by atoms with Crippen LogP contribution in [0.4, 0.5) is 18.9 Å². The van der Waals surface area contributed by atoms with Gasteiger partial charge in [0.1, 0.15) is 0 Å². The van der Waals surface area contributed by atoms with E-state index in [4.69, 9.17) is 4.74 Å². The third-order valence-electron chi connectivity index (χ3n) is 3.13. The van der Waals surface area contributed by atoms with E-state index in [0.29, 0.717) is 17.5 Å². The maximum atomic E-state index is 13.0. The fourth-order valence-electron chi connectivity index (χ4n) is 2.23. The number of benzene rings is 1. The van der Waals surface area contributed by atoms with Gasteiger partial charge in [-0.2, -0.15) is 13.2 Å². The Bertz CT molecular complexity index is 450. The Morgan fingerprint density at radius 3 is 2.74 bits per heavy atom. The van der Waals surface area contributed by atoms with Crippen molar-refractivity contribution in [3.8, 4) is 0 Å². The molecule has 0 aromatic heterocycles. The number of hydrogen-bond acceptors (Lipinski definition) is 2. The van der Waals surface area contributed by atoms with E-state index in [-0.39, 0.29) is 17.8 Å². The summed E-state index contributed by atoms with van der Waals surface area (Å²) in [6.07, 6.45) is -2.84. The molecule has 0 radical (unpaired) electrons. The average Bonchev–Trinajstić information content (AvgIpc) is 2.30. The van der Waals surface area contributed by atoms with Gasteiger partial charge in [-0.05, 0) is 38.0 Å². The summed E-state index contributed by atoms with van der Waals surface area (Å²) in [6, 6.07) is 4.20. The summed E-state index contributed by atoms with van der Waals surface area (Å²) < 4.78 is 44.7. The lowest BCUT2D eigenvalue weighted by atomic mass is 10.0. The summed E-state index contributed by atoms with van der Waals surface area (Å²) in [5.74, 6) is 0. The van der Waals surface area contributed by atoms with Gasteiger partial charge in [-0.1, -0.05) is 15.9 Å². The fourth-order valence-corrected chi connectivity index (χ4v) is 2.59. The molecule has 2 rings (SSSR count). The minimum atomic E-state index is -4.36. The molecule has 2 nitrogen and oxygen atoms in total. The van der Waals surface area contributed by atoms with Gasteiger partial charge < -0.3 is 10.1 Å². The number of halogens is 4. The number of rotatable bonds is 2. The smallest absolute Gasteiger partial charge is 0.382 e. The second-order valence-electron chi connectivity index (χ2n) is 4.73. The van der Waals surface area contributed by atoms with E-state index in [1.54, 1.807) is 6.07 Å². The number of nitrogens with one attached hydrogen (secondary N) is 1. The summed E-state index contributed by atoms with van der Waals surface area (Å²) in [6.45, 7) is 2.51. The van der Waals surface area contributed by atoms with Crippen LogP contribution in [0.15, 0.2) is 22.7 Å². The van der Waals surface area contributed by atoms with Crippen LogP contribution in [0.1, 0.15) is 25.3 Å². The molecule has 0 saturated carbocycles. The SMILES string of the molecule is CC1CC(Nc2ccc(Br)cc2C(F)(F)F)CCO1. The van der Waals surface area contributed by atoms with E-state index in [2.05, 4.69) is 21.2 Å². The van der Waals surface area contributed by atoms with Crippen LogP contribution < -0.4 is 5.32 Å². The number of hydrogen-bond donors (Lipinski definition) is 1. The monoisotopic (exact) mass is 337 g/mol. The minimum Gasteiger partial charge on any atom is -0.382 e. The molecule has 0 amide bonds. The van der Waals surface area contributed by atoms with Gasteiger partial charge in [0.2, 0.25) is 0 Å². The molecule has 1 N–H and O–H groups in total. The Morgan fingerprint density at radius 2 is 2.11 bits per heavy atom. The van der Waals surface area contributed by atoms with Crippen LogP contribution in [0, 0.1) is 0 Å². The van der Waals surface area contributed by atoms with Crippen molar-refractivity contribution < 1.29 is 17.9 Å². The van der Waals surface area contributed by atoms with Crippen molar-refractivity contribution in [2.45, 2.75) is 38.1 Å². The minimum absolute atomic E-state index is 0.0195. The van der Waals surface area contributed by atoms with Crippen LogP contribution in [-0.4, -0.2) is 18.8 Å². The first-order valence-electron chi connectivity index (χ1n) is 6.11. The molecule has 2 atom stereocenters. The third kappa shape index (κ3) is 3.86. The van der Waals surface area contributed by atoms with E-state index < -0.39 is 11.7 Å². The van der Waals surface area contributed by atoms with Crippen molar-refractivity contribution in [3.63, 3.8) is 0 Å². The molecular weight excluding hydrogens is 323 g/mol.